The number of benzene rings is 2. The maximum Gasteiger partial charge on any atom is 0.293 e. The van der Waals surface area contributed by atoms with Crippen LogP contribution in [-0.2, 0) is 14.8 Å². The Hall–Kier alpha value is -2.89. The molecular weight excluding hydrogens is 450 g/mol. The Morgan fingerprint density at radius 1 is 0.939 bits per heavy atom. The number of nitro groups is 1. The molecule has 3 aliphatic heterocycles. The van der Waals surface area contributed by atoms with E-state index in [0.29, 0.717) is 50.2 Å². The molecule has 0 amide bonds. The largest absolute Gasteiger partial charge is 0.486 e. The zero-order valence-electron chi connectivity index (χ0n) is 18.0. The number of hydrogen-bond donors (Lipinski definition) is 0. The Balaban J connectivity index is 1.48. The van der Waals surface area contributed by atoms with Gasteiger partial charge in [-0.15, -0.1) is 0 Å². The molecule has 3 heterocycles. The Labute approximate surface area is 191 Å². The molecule has 176 valence electrons. The molecule has 10 nitrogen and oxygen atoms in total. The van der Waals surface area contributed by atoms with Crippen LogP contribution in [0.2, 0.25) is 0 Å². The van der Waals surface area contributed by atoms with Gasteiger partial charge >= 0.3 is 0 Å². The third-order valence-corrected chi connectivity index (χ3v) is 8.16. The molecule has 0 radical (unpaired) electrons. The van der Waals surface area contributed by atoms with Crippen LogP contribution in [0, 0.1) is 10.1 Å². The molecule has 2 aromatic rings. The molecule has 1 atom stereocenters. The molecule has 0 bridgehead atoms. The molecule has 33 heavy (non-hydrogen) atoms. The number of ether oxygens (including phenoxy) is 3. The number of anilines is 1. The Bertz CT molecular complexity index is 1160. The van der Waals surface area contributed by atoms with Crippen LogP contribution in [0.25, 0.3) is 0 Å². The lowest BCUT2D eigenvalue weighted by Gasteiger charge is -2.29. The third kappa shape index (κ3) is 4.11. The average Bonchev–Trinajstić information content (AvgIpc) is 3.33. The van der Waals surface area contributed by atoms with Crippen molar-refractivity contribution in [1.82, 2.24) is 4.31 Å². The predicted octanol–water partition coefficient (Wildman–Crippen LogP) is 2.73. The number of morpholine rings is 1. The molecule has 0 N–H and O–H groups in total. The van der Waals surface area contributed by atoms with Crippen LogP contribution in [0.1, 0.15) is 24.4 Å². The number of rotatable bonds is 5. The summed E-state index contributed by atoms with van der Waals surface area (Å²) in [4.78, 5) is 13.4. The molecular formula is C22H25N3O7S. The highest BCUT2D eigenvalue weighted by molar-refractivity contribution is 7.89. The van der Waals surface area contributed by atoms with Crippen molar-refractivity contribution in [2.45, 2.75) is 23.8 Å². The van der Waals surface area contributed by atoms with Crippen molar-refractivity contribution < 1.29 is 27.6 Å². The van der Waals surface area contributed by atoms with Crippen LogP contribution in [0.3, 0.4) is 0 Å². The Kier molecular flexibility index (Phi) is 5.85. The summed E-state index contributed by atoms with van der Waals surface area (Å²) < 4.78 is 43.9. The first kappa shape index (κ1) is 21.9. The normalized spacial score (nSPS) is 21.2. The van der Waals surface area contributed by atoms with E-state index in [9.17, 15) is 18.5 Å². The minimum absolute atomic E-state index is 0.0741. The Morgan fingerprint density at radius 3 is 2.45 bits per heavy atom. The van der Waals surface area contributed by atoms with Gasteiger partial charge in [0.1, 0.15) is 18.9 Å². The van der Waals surface area contributed by atoms with Crippen LogP contribution < -0.4 is 14.4 Å². The van der Waals surface area contributed by atoms with Gasteiger partial charge in [0, 0.05) is 25.7 Å². The molecule has 2 saturated heterocycles. The quantitative estimate of drug-likeness (QED) is 0.479. The highest BCUT2D eigenvalue weighted by Gasteiger charge is 2.34. The topological polar surface area (TPSA) is 111 Å². The monoisotopic (exact) mass is 475 g/mol. The predicted molar refractivity (Wildman–Crippen MR) is 119 cm³/mol. The van der Waals surface area contributed by atoms with Crippen molar-refractivity contribution in [3.05, 3.63) is 52.1 Å². The van der Waals surface area contributed by atoms with Gasteiger partial charge in [0.2, 0.25) is 10.0 Å². The molecule has 5 rings (SSSR count). The van der Waals surface area contributed by atoms with Gasteiger partial charge < -0.3 is 19.1 Å². The minimum Gasteiger partial charge on any atom is -0.486 e. The highest BCUT2D eigenvalue weighted by atomic mass is 32.2. The first-order valence-electron chi connectivity index (χ1n) is 11.0. The molecule has 0 saturated carbocycles. The molecule has 2 fully saturated rings. The van der Waals surface area contributed by atoms with Crippen LogP contribution in [0.15, 0.2) is 41.3 Å². The molecule has 0 spiro atoms. The van der Waals surface area contributed by atoms with Gasteiger partial charge in [0.05, 0.1) is 29.1 Å². The summed E-state index contributed by atoms with van der Waals surface area (Å²) in [6.45, 7) is 2.71. The SMILES string of the molecule is O=[N+]([O-])c1cc(S(=O)(=O)N2CCOCC2)ccc1N1CCCC1c1ccc2c(c1)OCCO2. The van der Waals surface area contributed by atoms with Gasteiger partial charge in [-0.05, 0) is 42.7 Å². The molecule has 0 aliphatic carbocycles. The number of nitro benzene ring substituents is 1. The van der Waals surface area contributed by atoms with E-state index < -0.39 is 14.9 Å². The zero-order valence-corrected chi connectivity index (χ0v) is 18.8. The van der Waals surface area contributed by atoms with Gasteiger partial charge in [0.15, 0.2) is 11.5 Å². The summed E-state index contributed by atoms with van der Waals surface area (Å²) in [6.07, 6.45) is 1.69. The molecule has 11 heteroatoms. The zero-order chi connectivity index (χ0) is 23.0. The molecule has 3 aliphatic rings. The lowest BCUT2D eigenvalue weighted by atomic mass is 10.0. The summed E-state index contributed by atoms with van der Waals surface area (Å²) in [5.74, 6) is 1.37. The standard InChI is InChI=1S/C22H25N3O7S/c26-25(27)20-15-17(33(28,29)23-8-10-30-11-9-23)4-5-19(20)24-7-1-2-18(24)16-3-6-21-22(14-16)32-13-12-31-21/h3-6,14-15,18H,1-2,7-13H2. The lowest BCUT2D eigenvalue weighted by Crippen LogP contribution is -2.40. The summed E-state index contributed by atoms with van der Waals surface area (Å²) in [7, 11) is -3.83. The fourth-order valence-electron chi connectivity index (χ4n) is 4.66. The van der Waals surface area contributed by atoms with Gasteiger partial charge in [-0.2, -0.15) is 4.31 Å². The summed E-state index contributed by atoms with van der Waals surface area (Å²) in [5.41, 5.74) is 1.18. The lowest BCUT2D eigenvalue weighted by molar-refractivity contribution is -0.384. The van der Waals surface area contributed by atoms with Gasteiger partial charge in [-0.25, -0.2) is 8.42 Å². The number of hydrogen-bond acceptors (Lipinski definition) is 8. The van der Waals surface area contributed by atoms with Crippen molar-refractivity contribution in [3.8, 4) is 11.5 Å². The van der Waals surface area contributed by atoms with E-state index in [1.54, 1.807) is 6.07 Å². The van der Waals surface area contributed by atoms with E-state index in [4.69, 9.17) is 14.2 Å². The van der Waals surface area contributed by atoms with Gasteiger partial charge in [-0.3, -0.25) is 10.1 Å². The van der Waals surface area contributed by atoms with E-state index in [2.05, 4.69) is 0 Å². The summed E-state index contributed by atoms with van der Waals surface area (Å²) >= 11 is 0. The van der Waals surface area contributed by atoms with E-state index >= 15 is 0 Å². The second kappa shape index (κ2) is 8.81. The van der Waals surface area contributed by atoms with Crippen molar-refractivity contribution in [3.63, 3.8) is 0 Å². The van der Waals surface area contributed by atoms with Crippen LogP contribution in [-0.4, -0.2) is 63.7 Å². The molecule has 2 aromatic carbocycles. The first-order chi connectivity index (χ1) is 15.9. The highest BCUT2D eigenvalue weighted by Crippen LogP contribution is 2.43. The van der Waals surface area contributed by atoms with E-state index in [1.165, 1.54) is 16.4 Å². The smallest absolute Gasteiger partial charge is 0.293 e. The number of nitrogens with zero attached hydrogens (tertiary/aromatic N) is 3. The average molecular weight is 476 g/mol. The molecule has 1 unspecified atom stereocenters. The Morgan fingerprint density at radius 2 is 1.70 bits per heavy atom. The minimum atomic E-state index is -3.83. The van der Waals surface area contributed by atoms with Crippen LogP contribution in [0.5, 0.6) is 11.5 Å². The van der Waals surface area contributed by atoms with E-state index in [0.717, 1.165) is 18.4 Å². The fourth-order valence-corrected chi connectivity index (χ4v) is 6.09. The van der Waals surface area contributed by atoms with Crippen molar-refractivity contribution in [1.29, 1.82) is 0 Å². The summed E-state index contributed by atoms with van der Waals surface area (Å²) in [5, 5.41) is 12.0. The maximum atomic E-state index is 13.0. The van der Waals surface area contributed by atoms with Crippen LogP contribution >= 0.6 is 0 Å². The molecule has 0 aromatic heterocycles. The van der Waals surface area contributed by atoms with E-state index in [-0.39, 0.29) is 29.7 Å². The number of fused-ring (bicyclic) bond motifs is 1. The van der Waals surface area contributed by atoms with Crippen LogP contribution in [0.4, 0.5) is 11.4 Å². The second-order valence-electron chi connectivity index (χ2n) is 8.18. The maximum absolute atomic E-state index is 13.0. The van der Waals surface area contributed by atoms with Gasteiger partial charge in [-0.1, -0.05) is 6.07 Å². The van der Waals surface area contributed by atoms with Crippen molar-refractivity contribution >= 4 is 21.4 Å². The fraction of sp³-hybridized carbons (Fsp3) is 0.455. The first-order valence-corrected chi connectivity index (χ1v) is 12.4. The van der Waals surface area contributed by atoms with Crippen molar-refractivity contribution in [2.24, 2.45) is 0 Å². The van der Waals surface area contributed by atoms with Crippen molar-refractivity contribution in [2.75, 3.05) is 51.0 Å². The van der Waals surface area contributed by atoms with Gasteiger partial charge in [0.25, 0.3) is 5.69 Å². The third-order valence-electron chi connectivity index (χ3n) is 6.26. The second-order valence-corrected chi connectivity index (χ2v) is 10.1. The summed E-state index contributed by atoms with van der Waals surface area (Å²) in [6, 6.07) is 9.88. The van der Waals surface area contributed by atoms with E-state index in [1.807, 2.05) is 23.1 Å². The number of sulfonamides is 1.